The second kappa shape index (κ2) is 14.0. The summed E-state index contributed by atoms with van der Waals surface area (Å²) in [5.41, 5.74) is 12.0. The fourth-order valence-corrected chi connectivity index (χ4v) is 8.30. The van der Waals surface area contributed by atoms with E-state index in [0.29, 0.717) is 5.82 Å². The normalized spacial score (nSPS) is 11.4. The molecule has 0 unspecified atom stereocenters. The van der Waals surface area contributed by atoms with Gasteiger partial charge in [-0.1, -0.05) is 152 Å². The first kappa shape index (κ1) is 33.5. The Kier molecular flexibility index (Phi) is 8.11. The van der Waals surface area contributed by atoms with Crippen LogP contribution < -0.4 is 0 Å². The van der Waals surface area contributed by atoms with Crippen molar-refractivity contribution in [3.63, 3.8) is 0 Å². The molecule has 0 aliphatic heterocycles. The van der Waals surface area contributed by atoms with Crippen LogP contribution in [0, 0.1) is 0 Å². The highest BCUT2D eigenvalue weighted by Crippen LogP contribution is 2.43. The number of nitrogens with zero attached hydrogens (tertiary/aromatic N) is 4. The monoisotopic (exact) mass is 738 g/mol. The molecule has 0 amide bonds. The summed E-state index contributed by atoms with van der Waals surface area (Å²) < 4.78 is 0. The molecule has 11 rings (SSSR count). The summed E-state index contributed by atoms with van der Waals surface area (Å²) in [7, 11) is 0. The van der Waals surface area contributed by atoms with Gasteiger partial charge in [-0.2, -0.15) is 0 Å². The summed E-state index contributed by atoms with van der Waals surface area (Å²) in [5.74, 6) is 0.581. The second-order valence-corrected chi connectivity index (χ2v) is 14.6. The maximum absolute atomic E-state index is 5.37. The van der Waals surface area contributed by atoms with E-state index in [1.165, 1.54) is 26.9 Å². The van der Waals surface area contributed by atoms with Crippen molar-refractivity contribution in [1.29, 1.82) is 0 Å². The molecule has 58 heavy (non-hydrogen) atoms. The molecule has 8 aromatic carbocycles. The predicted molar refractivity (Wildman–Crippen MR) is 240 cm³/mol. The summed E-state index contributed by atoms with van der Waals surface area (Å²) in [5, 5.41) is 8.26. The van der Waals surface area contributed by atoms with E-state index in [1.54, 1.807) is 6.20 Å². The van der Waals surface area contributed by atoms with Crippen LogP contribution in [0.3, 0.4) is 0 Å². The SMILES string of the molecule is c1ccc(-c2cccc(-c3cc(-c4cccc(-c5cc6c(-c7ccc8ccccc8c7)nc7ccccc7c6c6ccccc56)c4)nc(-c4ccccn4)n3)c2)cc1. The Morgan fingerprint density at radius 1 is 0.310 bits per heavy atom. The van der Waals surface area contributed by atoms with Gasteiger partial charge < -0.3 is 0 Å². The fourth-order valence-electron chi connectivity index (χ4n) is 8.30. The van der Waals surface area contributed by atoms with E-state index in [2.05, 4.69) is 181 Å². The van der Waals surface area contributed by atoms with Crippen molar-refractivity contribution in [3.05, 3.63) is 206 Å². The highest BCUT2D eigenvalue weighted by Gasteiger charge is 2.18. The average Bonchev–Trinajstić information content (AvgIpc) is 3.31. The standard InChI is InChI=1S/C54H34N4/c1-2-14-35(15-3-1)38-18-12-20-40(30-38)50-34-51(58-54(57-50)49-26-10-11-29-55-49)41-21-13-19-39(32-41)46-33-47-52(44-23-7-6-22-43(44)46)45-24-8-9-25-48(45)56-53(47)42-28-27-36-16-4-5-17-37(36)31-42/h1-34H. The minimum Gasteiger partial charge on any atom is -0.253 e. The van der Waals surface area contributed by atoms with E-state index in [4.69, 9.17) is 15.0 Å². The third-order valence-corrected chi connectivity index (χ3v) is 11.1. The van der Waals surface area contributed by atoms with Crippen molar-refractivity contribution in [3.8, 4) is 67.5 Å². The van der Waals surface area contributed by atoms with Crippen LogP contribution in [-0.4, -0.2) is 19.9 Å². The van der Waals surface area contributed by atoms with Crippen molar-refractivity contribution >= 4 is 43.2 Å². The van der Waals surface area contributed by atoms with Gasteiger partial charge in [-0.05, 0) is 92.3 Å². The molecule has 0 N–H and O–H groups in total. The molecule has 0 saturated heterocycles. The predicted octanol–water partition coefficient (Wildman–Crippen LogP) is 13.9. The highest BCUT2D eigenvalue weighted by molar-refractivity contribution is 6.25. The van der Waals surface area contributed by atoms with Crippen molar-refractivity contribution in [1.82, 2.24) is 19.9 Å². The average molecular weight is 739 g/mol. The van der Waals surface area contributed by atoms with Gasteiger partial charge in [0.25, 0.3) is 0 Å². The number of rotatable bonds is 6. The number of hydrogen-bond donors (Lipinski definition) is 0. The van der Waals surface area contributed by atoms with Gasteiger partial charge in [-0.25, -0.2) is 15.0 Å². The van der Waals surface area contributed by atoms with Crippen LogP contribution in [0.2, 0.25) is 0 Å². The van der Waals surface area contributed by atoms with Crippen LogP contribution in [0.15, 0.2) is 206 Å². The molecular weight excluding hydrogens is 705 g/mol. The summed E-state index contributed by atoms with van der Waals surface area (Å²) in [6, 6.07) is 70.5. The van der Waals surface area contributed by atoms with Crippen LogP contribution in [0.4, 0.5) is 0 Å². The fraction of sp³-hybridized carbons (Fsp3) is 0. The molecule has 4 heteroatoms. The molecule has 0 aliphatic rings. The van der Waals surface area contributed by atoms with Crippen LogP contribution in [0.1, 0.15) is 0 Å². The van der Waals surface area contributed by atoms with Crippen LogP contribution in [0.25, 0.3) is 111 Å². The molecule has 3 heterocycles. The zero-order valence-corrected chi connectivity index (χ0v) is 31.4. The minimum absolute atomic E-state index is 0.581. The molecular formula is C54H34N4. The molecule has 0 saturated carbocycles. The van der Waals surface area contributed by atoms with Gasteiger partial charge in [0.15, 0.2) is 5.82 Å². The number of para-hydroxylation sites is 1. The van der Waals surface area contributed by atoms with Gasteiger partial charge in [0, 0.05) is 39.0 Å². The topological polar surface area (TPSA) is 51.6 Å². The van der Waals surface area contributed by atoms with E-state index < -0.39 is 0 Å². The molecule has 11 aromatic rings. The zero-order valence-electron chi connectivity index (χ0n) is 31.4. The lowest BCUT2D eigenvalue weighted by molar-refractivity contribution is 1.15. The Bertz CT molecular complexity index is 3340. The van der Waals surface area contributed by atoms with Crippen molar-refractivity contribution in [2.75, 3.05) is 0 Å². The molecule has 4 nitrogen and oxygen atoms in total. The lowest BCUT2D eigenvalue weighted by Crippen LogP contribution is -1.97. The van der Waals surface area contributed by atoms with E-state index in [-0.39, 0.29) is 0 Å². The van der Waals surface area contributed by atoms with Crippen LogP contribution in [-0.2, 0) is 0 Å². The lowest BCUT2D eigenvalue weighted by atomic mass is 9.89. The molecule has 0 atom stereocenters. The Morgan fingerprint density at radius 3 is 1.74 bits per heavy atom. The maximum Gasteiger partial charge on any atom is 0.179 e. The van der Waals surface area contributed by atoms with E-state index in [9.17, 15) is 0 Å². The number of pyridine rings is 2. The van der Waals surface area contributed by atoms with Gasteiger partial charge in [-0.15, -0.1) is 0 Å². The Morgan fingerprint density at radius 2 is 0.948 bits per heavy atom. The van der Waals surface area contributed by atoms with Crippen molar-refractivity contribution < 1.29 is 0 Å². The van der Waals surface area contributed by atoms with Gasteiger partial charge in [0.2, 0.25) is 0 Å². The quantitative estimate of drug-likeness (QED) is 0.159. The second-order valence-electron chi connectivity index (χ2n) is 14.6. The largest absolute Gasteiger partial charge is 0.253 e. The molecule has 0 spiro atoms. The molecule has 3 aromatic heterocycles. The van der Waals surface area contributed by atoms with Gasteiger partial charge in [0.05, 0.1) is 22.6 Å². The van der Waals surface area contributed by atoms with Gasteiger partial charge in [0.1, 0.15) is 5.69 Å². The molecule has 0 bridgehead atoms. The summed E-state index contributed by atoms with van der Waals surface area (Å²) in [4.78, 5) is 20.3. The number of benzene rings is 8. The summed E-state index contributed by atoms with van der Waals surface area (Å²) in [6.45, 7) is 0. The van der Waals surface area contributed by atoms with Crippen LogP contribution in [0.5, 0.6) is 0 Å². The first-order valence-electron chi connectivity index (χ1n) is 19.5. The Labute approximate surface area is 335 Å². The lowest BCUT2D eigenvalue weighted by Gasteiger charge is -2.17. The Hall–Kier alpha value is -7.82. The smallest absolute Gasteiger partial charge is 0.179 e. The summed E-state index contributed by atoms with van der Waals surface area (Å²) >= 11 is 0. The Balaban J connectivity index is 1.12. The number of aromatic nitrogens is 4. The summed E-state index contributed by atoms with van der Waals surface area (Å²) in [6.07, 6.45) is 1.79. The first-order valence-corrected chi connectivity index (χ1v) is 19.5. The van der Waals surface area contributed by atoms with E-state index in [0.717, 1.165) is 78.0 Å². The highest BCUT2D eigenvalue weighted by atomic mass is 14.9. The molecule has 0 radical (unpaired) electrons. The van der Waals surface area contributed by atoms with E-state index >= 15 is 0 Å². The molecule has 270 valence electrons. The van der Waals surface area contributed by atoms with Crippen molar-refractivity contribution in [2.45, 2.75) is 0 Å². The number of hydrogen-bond acceptors (Lipinski definition) is 4. The third kappa shape index (κ3) is 5.96. The first-order chi connectivity index (χ1) is 28.7. The van der Waals surface area contributed by atoms with Gasteiger partial charge >= 0.3 is 0 Å². The van der Waals surface area contributed by atoms with Crippen molar-refractivity contribution in [2.24, 2.45) is 0 Å². The third-order valence-electron chi connectivity index (χ3n) is 11.1. The molecule has 0 fully saturated rings. The zero-order chi connectivity index (χ0) is 38.4. The molecule has 0 aliphatic carbocycles. The minimum atomic E-state index is 0.581. The number of fused-ring (bicyclic) bond motifs is 6. The van der Waals surface area contributed by atoms with Crippen LogP contribution >= 0.6 is 0 Å². The van der Waals surface area contributed by atoms with Gasteiger partial charge in [-0.3, -0.25) is 4.98 Å². The maximum atomic E-state index is 5.37. The van der Waals surface area contributed by atoms with E-state index in [1.807, 2.05) is 24.3 Å².